The van der Waals surface area contributed by atoms with E-state index in [0.717, 1.165) is 22.3 Å². The van der Waals surface area contributed by atoms with Gasteiger partial charge in [0.1, 0.15) is 5.82 Å². The van der Waals surface area contributed by atoms with Crippen molar-refractivity contribution in [2.75, 3.05) is 0 Å². The van der Waals surface area contributed by atoms with Gasteiger partial charge in [-0.15, -0.1) is 0 Å². The minimum Gasteiger partial charge on any atom is -0.326 e. The molecule has 0 saturated heterocycles. The fourth-order valence-electron chi connectivity index (χ4n) is 1.82. The number of aryl methyl sites for hydroxylation is 1. The van der Waals surface area contributed by atoms with Crippen molar-refractivity contribution < 1.29 is 4.39 Å². The van der Waals surface area contributed by atoms with Crippen LogP contribution in [0.3, 0.4) is 0 Å². The van der Waals surface area contributed by atoms with E-state index in [1.165, 1.54) is 12.1 Å². The molecule has 1 nitrogen and oxygen atoms in total. The summed E-state index contributed by atoms with van der Waals surface area (Å²) in [5, 5.41) is 0.401. The van der Waals surface area contributed by atoms with Crippen LogP contribution in [0.5, 0.6) is 0 Å². The van der Waals surface area contributed by atoms with Crippen LogP contribution in [0, 0.1) is 12.7 Å². The molecule has 0 aliphatic heterocycles. The van der Waals surface area contributed by atoms with E-state index in [4.69, 9.17) is 17.3 Å². The zero-order valence-corrected chi connectivity index (χ0v) is 10.3. The number of hydrogen-bond acceptors (Lipinski definition) is 1. The highest BCUT2D eigenvalue weighted by Gasteiger charge is 2.06. The first kappa shape index (κ1) is 12.1. The Morgan fingerprint density at radius 3 is 2.59 bits per heavy atom. The summed E-state index contributed by atoms with van der Waals surface area (Å²) in [5.74, 6) is -0.329. The Kier molecular flexibility index (Phi) is 3.46. The molecule has 0 aliphatic rings. The highest BCUT2D eigenvalue weighted by molar-refractivity contribution is 6.30. The van der Waals surface area contributed by atoms with E-state index >= 15 is 0 Å². The third-order valence-electron chi connectivity index (χ3n) is 2.71. The van der Waals surface area contributed by atoms with Gasteiger partial charge in [-0.05, 0) is 53.4 Å². The average molecular weight is 250 g/mol. The molecule has 0 fully saturated rings. The van der Waals surface area contributed by atoms with Crippen LogP contribution in [0.2, 0.25) is 5.02 Å². The Bertz CT molecular complexity index is 532. The SMILES string of the molecule is Cc1ccc(CN)cc1-c1cc(F)cc(Cl)c1. The lowest BCUT2D eigenvalue weighted by molar-refractivity contribution is 0.628. The van der Waals surface area contributed by atoms with Gasteiger partial charge in [-0.25, -0.2) is 4.39 Å². The van der Waals surface area contributed by atoms with Gasteiger partial charge in [0.15, 0.2) is 0 Å². The van der Waals surface area contributed by atoms with Crippen molar-refractivity contribution in [3.63, 3.8) is 0 Å². The van der Waals surface area contributed by atoms with Gasteiger partial charge in [-0.2, -0.15) is 0 Å². The van der Waals surface area contributed by atoms with Crippen LogP contribution in [-0.2, 0) is 6.54 Å². The zero-order chi connectivity index (χ0) is 12.4. The van der Waals surface area contributed by atoms with E-state index in [1.54, 1.807) is 6.07 Å². The van der Waals surface area contributed by atoms with E-state index in [2.05, 4.69) is 0 Å². The van der Waals surface area contributed by atoms with Crippen molar-refractivity contribution in [3.05, 3.63) is 58.4 Å². The molecule has 0 aromatic heterocycles. The molecule has 0 atom stereocenters. The van der Waals surface area contributed by atoms with Crippen LogP contribution >= 0.6 is 11.6 Å². The molecule has 0 spiro atoms. The van der Waals surface area contributed by atoms with Crippen LogP contribution in [0.1, 0.15) is 11.1 Å². The predicted molar refractivity (Wildman–Crippen MR) is 69.5 cm³/mol. The minimum atomic E-state index is -0.329. The van der Waals surface area contributed by atoms with Gasteiger partial charge in [-0.1, -0.05) is 23.7 Å². The summed E-state index contributed by atoms with van der Waals surface area (Å²) in [6.07, 6.45) is 0. The number of rotatable bonds is 2. The maximum Gasteiger partial charge on any atom is 0.125 e. The Labute approximate surface area is 105 Å². The van der Waals surface area contributed by atoms with E-state index < -0.39 is 0 Å². The van der Waals surface area contributed by atoms with Gasteiger partial charge in [0, 0.05) is 11.6 Å². The van der Waals surface area contributed by atoms with Crippen molar-refractivity contribution in [2.24, 2.45) is 5.73 Å². The Hall–Kier alpha value is -1.38. The molecule has 0 amide bonds. The summed E-state index contributed by atoms with van der Waals surface area (Å²) in [7, 11) is 0. The van der Waals surface area contributed by atoms with Crippen molar-refractivity contribution in [3.8, 4) is 11.1 Å². The van der Waals surface area contributed by atoms with Crippen molar-refractivity contribution >= 4 is 11.6 Å². The summed E-state index contributed by atoms with van der Waals surface area (Å²) in [5.41, 5.74) is 9.45. The second kappa shape index (κ2) is 4.86. The normalized spacial score (nSPS) is 10.6. The Morgan fingerprint density at radius 2 is 1.94 bits per heavy atom. The van der Waals surface area contributed by atoms with E-state index in [9.17, 15) is 4.39 Å². The van der Waals surface area contributed by atoms with Crippen LogP contribution in [0.15, 0.2) is 36.4 Å². The van der Waals surface area contributed by atoms with Crippen LogP contribution < -0.4 is 5.73 Å². The fourth-order valence-corrected chi connectivity index (χ4v) is 2.04. The maximum atomic E-state index is 13.3. The van der Waals surface area contributed by atoms with Crippen molar-refractivity contribution in [1.29, 1.82) is 0 Å². The molecule has 0 saturated carbocycles. The summed E-state index contributed by atoms with van der Waals surface area (Å²) >= 11 is 5.86. The van der Waals surface area contributed by atoms with Crippen LogP contribution in [0.4, 0.5) is 4.39 Å². The Balaban J connectivity index is 2.58. The standard InChI is InChI=1S/C14H13ClFN/c1-9-2-3-10(8-17)4-14(9)11-5-12(15)7-13(16)6-11/h2-7H,8,17H2,1H3. The number of hydrogen-bond donors (Lipinski definition) is 1. The molecule has 17 heavy (non-hydrogen) atoms. The quantitative estimate of drug-likeness (QED) is 0.858. The van der Waals surface area contributed by atoms with Gasteiger partial charge >= 0.3 is 0 Å². The minimum absolute atomic E-state index is 0.329. The highest BCUT2D eigenvalue weighted by Crippen LogP contribution is 2.28. The highest BCUT2D eigenvalue weighted by atomic mass is 35.5. The summed E-state index contributed by atoms with van der Waals surface area (Å²) in [6, 6.07) is 10.5. The molecular weight excluding hydrogens is 237 g/mol. The molecule has 0 unspecified atom stereocenters. The van der Waals surface area contributed by atoms with E-state index in [-0.39, 0.29) is 5.82 Å². The van der Waals surface area contributed by atoms with E-state index in [0.29, 0.717) is 11.6 Å². The summed E-state index contributed by atoms with van der Waals surface area (Å²) in [4.78, 5) is 0. The third kappa shape index (κ3) is 2.65. The first-order valence-corrected chi connectivity index (χ1v) is 5.74. The number of benzene rings is 2. The van der Waals surface area contributed by atoms with Gasteiger partial charge < -0.3 is 5.73 Å². The molecule has 0 heterocycles. The lowest BCUT2D eigenvalue weighted by Crippen LogP contribution is -1.97. The molecule has 0 aliphatic carbocycles. The maximum absolute atomic E-state index is 13.3. The average Bonchev–Trinajstić information content (AvgIpc) is 2.28. The number of nitrogens with two attached hydrogens (primary N) is 1. The second-order valence-corrected chi connectivity index (χ2v) is 4.45. The van der Waals surface area contributed by atoms with E-state index in [1.807, 2.05) is 25.1 Å². The zero-order valence-electron chi connectivity index (χ0n) is 9.50. The topological polar surface area (TPSA) is 26.0 Å². The largest absolute Gasteiger partial charge is 0.326 e. The molecule has 2 N–H and O–H groups in total. The van der Waals surface area contributed by atoms with Gasteiger partial charge in [-0.3, -0.25) is 0 Å². The third-order valence-corrected chi connectivity index (χ3v) is 2.93. The van der Waals surface area contributed by atoms with Crippen LogP contribution in [-0.4, -0.2) is 0 Å². The van der Waals surface area contributed by atoms with Crippen molar-refractivity contribution in [1.82, 2.24) is 0 Å². The lowest BCUT2D eigenvalue weighted by atomic mass is 9.98. The molecular formula is C14H13ClFN. The molecule has 0 radical (unpaired) electrons. The summed E-state index contributed by atoms with van der Waals surface area (Å²) in [6.45, 7) is 2.45. The van der Waals surface area contributed by atoms with Gasteiger partial charge in [0.2, 0.25) is 0 Å². The second-order valence-electron chi connectivity index (χ2n) is 4.01. The first-order valence-electron chi connectivity index (χ1n) is 5.36. The van der Waals surface area contributed by atoms with Gasteiger partial charge in [0.05, 0.1) is 0 Å². The van der Waals surface area contributed by atoms with Gasteiger partial charge in [0.25, 0.3) is 0 Å². The number of halogens is 2. The molecule has 2 aromatic rings. The lowest BCUT2D eigenvalue weighted by Gasteiger charge is -2.09. The first-order chi connectivity index (χ1) is 8.10. The molecule has 2 rings (SSSR count). The Morgan fingerprint density at radius 1 is 1.18 bits per heavy atom. The smallest absolute Gasteiger partial charge is 0.125 e. The van der Waals surface area contributed by atoms with Crippen LogP contribution in [0.25, 0.3) is 11.1 Å². The monoisotopic (exact) mass is 249 g/mol. The molecule has 3 heteroatoms. The molecule has 0 bridgehead atoms. The molecule has 2 aromatic carbocycles. The van der Waals surface area contributed by atoms with Crippen molar-refractivity contribution in [2.45, 2.75) is 13.5 Å². The fraction of sp³-hybridized carbons (Fsp3) is 0.143. The summed E-state index contributed by atoms with van der Waals surface area (Å²) < 4.78 is 13.3. The molecule has 88 valence electrons. The predicted octanol–water partition coefficient (Wildman–Crippen LogP) is 3.91.